The summed E-state index contributed by atoms with van der Waals surface area (Å²) in [7, 11) is -2.16. The summed E-state index contributed by atoms with van der Waals surface area (Å²) in [5.41, 5.74) is 0.361. The fourth-order valence-electron chi connectivity index (χ4n) is 9.68. The molecule has 214 valence electrons. The van der Waals surface area contributed by atoms with Gasteiger partial charge in [0, 0.05) is 20.1 Å². The van der Waals surface area contributed by atoms with Gasteiger partial charge in [-0.25, -0.2) is 0 Å². The van der Waals surface area contributed by atoms with Crippen LogP contribution in [0.5, 0.6) is 0 Å². The molecule has 0 aromatic heterocycles. The number of amides is 1. The van der Waals surface area contributed by atoms with Crippen LogP contribution in [-0.4, -0.2) is 55.6 Å². The second-order valence-electron chi connectivity index (χ2n) is 13.5. The van der Waals surface area contributed by atoms with Crippen LogP contribution in [0.25, 0.3) is 0 Å². The van der Waals surface area contributed by atoms with Crippen molar-refractivity contribution in [3.05, 3.63) is 0 Å². The average molecular weight is 542 g/mol. The van der Waals surface area contributed by atoms with E-state index in [4.69, 9.17) is 9.29 Å². The highest BCUT2D eigenvalue weighted by molar-refractivity contribution is 7.85. The molecule has 0 aromatic rings. The van der Waals surface area contributed by atoms with E-state index in [9.17, 15) is 18.3 Å². The number of ether oxygens (including phenoxy) is 1. The molecular formula is C29H51NO6S. The minimum atomic E-state index is -4.07. The standard InChI is InChI=1S/C29H51NO6S/c1-19(5-12-27(32)30-15-16-37(33,34)35)24-10-11-25-20-6-8-21-17-23(31)13-14-28(21,2)22(9-7-20)18-26(36-4)29(24,25)3/h19-26,31H,5-18H2,1-4H3,(H,30,32)(H,33,34,35)/t19-,20+,21-,22-,23-,24-,25+,26+,28+,29-/m1/s1. The zero-order valence-corrected chi connectivity index (χ0v) is 24.3. The molecule has 37 heavy (non-hydrogen) atoms. The molecule has 0 radical (unpaired) electrons. The molecule has 1 amide bonds. The Morgan fingerprint density at radius 2 is 1.73 bits per heavy atom. The summed E-state index contributed by atoms with van der Waals surface area (Å²) in [6.45, 7) is 7.24. The second kappa shape index (κ2) is 11.4. The fourth-order valence-corrected chi connectivity index (χ4v) is 10.0. The molecule has 2 bridgehead atoms. The van der Waals surface area contributed by atoms with Crippen LogP contribution in [-0.2, 0) is 19.6 Å². The topological polar surface area (TPSA) is 113 Å². The molecule has 10 atom stereocenters. The van der Waals surface area contributed by atoms with Gasteiger partial charge in [-0.1, -0.05) is 20.8 Å². The number of rotatable bonds is 8. The highest BCUT2D eigenvalue weighted by Gasteiger charge is 2.58. The molecule has 0 heterocycles. The third-order valence-corrected chi connectivity index (χ3v) is 12.6. The lowest BCUT2D eigenvalue weighted by Gasteiger charge is -2.56. The molecule has 0 saturated heterocycles. The summed E-state index contributed by atoms with van der Waals surface area (Å²) in [5.74, 6) is 2.83. The van der Waals surface area contributed by atoms with Gasteiger partial charge in [-0.2, -0.15) is 8.42 Å². The van der Waals surface area contributed by atoms with Gasteiger partial charge in [0.15, 0.2) is 0 Å². The maximum absolute atomic E-state index is 12.4. The molecule has 4 fully saturated rings. The van der Waals surface area contributed by atoms with E-state index in [-0.39, 0.29) is 35.5 Å². The Balaban J connectivity index is 1.49. The maximum atomic E-state index is 12.4. The van der Waals surface area contributed by atoms with E-state index in [1.165, 1.54) is 38.5 Å². The van der Waals surface area contributed by atoms with E-state index >= 15 is 0 Å². The van der Waals surface area contributed by atoms with Gasteiger partial charge >= 0.3 is 0 Å². The van der Waals surface area contributed by atoms with Gasteiger partial charge in [0.2, 0.25) is 5.91 Å². The van der Waals surface area contributed by atoms with Crippen LogP contribution in [0.1, 0.15) is 97.8 Å². The summed E-state index contributed by atoms with van der Waals surface area (Å²) in [4.78, 5) is 12.4. The quantitative estimate of drug-likeness (QED) is 0.379. The zero-order chi connectivity index (χ0) is 27.0. The molecule has 7 nitrogen and oxygen atoms in total. The monoisotopic (exact) mass is 541 g/mol. The van der Waals surface area contributed by atoms with Gasteiger partial charge in [-0.15, -0.1) is 0 Å². The lowest BCUT2D eigenvalue weighted by Crippen LogP contribution is -2.52. The predicted octanol–water partition coefficient (Wildman–Crippen LogP) is 4.83. The first-order chi connectivity index (χ1) is 17.4. The highest BCUT2D eigenvalue weighted by Crippen LogP contribution is 2.64. The third-order valence-electron chi connectivity index (χ3n) is 11.8. The van der Waals surface area contributed by atoms with E-state index in [1.54, 1.807) is 0 Å². The van der Waals surface area contributed by atoms with Crippen molar-refractivity contribution >= 4 is 16.0 Å². The summed E-state index contributed by atoms with van der Waals surface area (Å²) in [5, 5.41) is 13.1. The Kier molecular flexibility index (Phi) is 9.04. The van der Waals surface area contributed by atoms with Crippen molar-refractivity contribution in [1.29, 1.82) is 0 Å². The van der Waals surface area contributed by atoms with Crippen molar-refractivity contribution in [2.75, 3.05) is 19.4 Å². The van der Waals surface area contributed by atoms with Crippen molar-refractivity contribution < 1.29 is 27.6 Å². The van der Waals surface area contributed by atoms with Crippen molar-refractivity contribution in [3.63, 3.8) is 0 Å². The van der Waals surface area contributed by atoms with E-state index in [2.05, 4.69) is 26.1 Å². The van der Waals surface area contributed by atoms with Crippen LogP contribution in [0, 0.1) is 46.3 Å². The minimum absolute atomic E-state index is 0.0547. The Morgan fingerprint density at radius 3 is 2.38 bits per heavy atom. The normalized spacial score (nSPS) is 43.0. The summed E-state index contributed by atoms with van der Waals surface area (Å²) < 4.78 is 37.2. The smallest absolute Gasteiger partial charge is 0.266 e. The number of hydrogen-bond acceptors (Lipinski definition) is 5. The van der Waals surface area contributed by atoms with E-state index in [0.29, 0.717) is 41.9 Å². The fraction of sp³-hybridized carbons (Fsp3) is 0.966. The van der Waals surface area contributed by atoms with Crippen LogP contribution in [0.4, 0.5) is 0 Å². The molecule has 0 aliphatic heterocycles. The number of carbonyl (C=O) groups is 1. The molecule has 8 heteroatoms. The van der Waals surface area contributed by atoms with Crippen molar-refractivity contribution in [3.8, 4) is 0 Å². The first-order valence-corrected chi connectivity index (χ1v) is 16.4. The minimum Gasteiger partial charge on any atom is -0.393 e. The lowest BCUT2D eigenvalue weighted by atomic mass is 9.50. The largest absolute Gasteiger partial charge is 0.393 e. The van der Waals surface area contributed by atoms with Crippen LogP contribution >= 0.6 is 0 Å². The molecule has 4 saturated carbocycles. The van der Waals surface area contributed by atoms with Gasteiger partial charge in [0.25, 0.3) is 10.1 Å². The second-order valence-corrected chi connectivity index (χ2v) is 15.1. The SMILES string of the molecule is CO[C@H]1C[C@H]2CC[C@H](CC[C@@H]3C[C@H](O)CC[C@@]32C)[C@@H]2CC[C@H]([C@H](C)CCC(=O)NCCS(=O)(=O)O)[C@@]12C. The molecule has 4 aliphatic rings. The van der Waals surface area contributed by atoms with E-state index < -0.39 is 15.9 Å². The number of fused-ring (bicyclic) bond motifs is 7. The number of nitrogens with one attached hydrogen (secondary N) is 1. The molecule has 0 unspecified atom stereocenters. The van der Waals surface area contributed by atoms with Crippen molar-refractivity contribution in [1.82, 2.24) is 5.32 Å². The van der Waals surface area contributed by atoms with E-state index in [0.717, 1.165) is 32.1 Å². The predicted molar refractivity (Wildman–Crippen MR) is 144 cm³/mol. The van der Waals surface area contributed by atoms with E-state index in [1.807, 2.05) is 7.11 Å². The van der Waals surface area contributed by atoms with Gasteiger partial charge in [-0.3, -0.25) is 9.35 Å². The highest BCUT2D eigenvalue weighted by atomic mass is 32.2. The summed E-state index contributed by atoms with van der Waals surface area (Å²) in [6, 6.07) is 0. The Labute approximate surface area is 224 Å². The number of hydrogen-bond donors (Lipinski definition) is 3. The number of aliphatic hydroxyl groups is 1. The first-order valence-electron chi connectivity index (χ1n) is 14.8. The van der Waals surface area contributed by atoms with Gasteiger partial charge in [-0.05, 0) is 117 Å². The van der Waals surface area contributed by atoms with Gasteiger partial charge < -0.3 is 15.2 Å². The van der Waals surface area contributed by atoms with Gasteiger partial charge in [0.05, 0.1) is 18.0 Å². The number of methoxy groups -OCH3 is 1. The van der Waals surface area contributed by atoms with Crippen LogP contribution in [0.15, 0.2) is 0 Å². The van der Waals surface area contributed by atoms with Crippen molar-refractivity contribution in [2.45, 2.75) is 110 Å². The molecule has 0 aromatic carbocycles. The Bertz CT molecular complexity index is 910. The van der Waals surface area contributed by atoms with Crippen LogP contribution < -0.4 is 5.32 Å². The molecule has 3 N–H and O–H groups in total. The third kappa shape index (κ3) is 6.07. The summed E-state index contributed by atoms with van der Waals surface area (Å²) >= 11 is 0. The van der Waals surface area contributed by atoms with Crippen LogP contribution in [0.3, 0.4) is 0 Å². The lowest BCUT2D eigenvalue weighted by molar-refractivity contribution is -0.132. The van der Waals surface area contributed by atoms with Crippen molar-refractivity contribution in [2.24, 2.45) is 46.3 Å². The average Bonchev–Trinajstić information content (AvgIpc) is 3.15. The number of carbonyl (C=O) groups excluding carboxylic acids is 1. The number of aliphatic hydroxyl groups excluding tert-OH is 1. The molecular weight excluding hydrogens is 490 g/mol. The van der Waals surface area contributed by atoms with Crippen LogP contribution in [0.2, 0.25) is 0 Å². The Morgan fingerprint density at radius 1 is 1.05 bits per heavy atom. The summed E-state index contributed by atoms with van der Waals surface area (Å²) in [6.07, 6.45) is 12.8. The first kappa shape index (κ1) is 29.3. The molecule has 4 rings (SSSR count). The molecule has 4 aliphatic carbocycles. The Hall–Kier alpha value is -0.700. The molecule has 0 spiro atoms. The zero-order valence-electron chi connectivity index (χ0n) is 23.5. The van der Waals surface area contributed by atoms with Gasteiger partial charge in [0.1, 0.15) is 0 Å². The maximum Gasteiger partial charge on any atom is 0.266 e.